The smallest absolute Gasteiger partial charge is 0.326 e. The summed E-state index contributed by atoms with van der Waals surface area (Å²) in [7, 11) is 0. The molecule has 1 aliphatic heterocycles. The van der Waals surface area contributed by atoms with E-state index >= 15 is 0 Å². The molecule has 10 nitrogen and oxygen atoms in total. The maximum absolute atomic E-state index is 13.7. The molecule has 1 amide bonds. The van der Waals surface area contributed by atoms with E-state index < -0.39 is 4.92 Å². The summed E-state index contributed by atoms with van der Waals surface area (Å²) in [5.74, 6) is 0.598. The zero-order valence-corrected chi connectivity index (χ0v) is 20.2. The van der Waals surface area contributed by atoms with Crippen molar-refractivity contribution in [2.75, 3.05) is 13.1 Å². The van der Waals surface area contributed by atoms with E-state index in [1.165, 1.54) is 12.1 Å². The molecule has 0 spiro atoms. The number of carbonyl (C=O) groups is 1. The van der Waals surface area contributed by atoms with Gasteiger partial charge in [0, 0.05) is 49.9 Å². The second-order valence-electron chi connectivity index (χ2n) is 9.49. The molecule has 37 heavy (non-hydrogen) atoms. The summed E-state index contributed by atoms with van der Waals surface area (Å²) in [4.78, 5) is 41.9. The van der Waals surface area contributed by atoms with Gasteiger partial charge in [-0.1, -0.05) is 24.3 Å². The minimum Gasteiger partial charge on any atom is -0.460 e. The highest BCUT2D eigenvalue weighted by atomic mass is 16.6. The number of rotatable bonds is 5. The monoisotopic (exact) mass is 499 g/mol. The highest BCUT2D eigenvalue weighted by Crippen LogP contribution is 2.29. The summed E-state index contributed by atoms with van der Waals surface area (Å²) in [6.45, 7) is 3.17. The van der Waals surface area contributed by atoms with Crippen molar-refractivity contribution in [2.24, 2.45) is 0 Å². The van der Waals surface area contributed by atoms with Crippen LogP contribution in [0.4, 0.5) is 5.69 Å². The number of nitrogens with one attached hydrogen (secondary N) is 1. The number of aromatic amines is 1. The Hall–Kier alpha value is -4.60. The molecule has 1 aliphatic rings. The van der Waals surface area contributed by atoms with Crippen molar-refractivity contribution in [3.8, 4) is 0 Å². The molecule has 1 saturated heterocycles. The average Bonchev–Trinajstić information content (AvgIpc) is 3.53. The van der Waals surface area contributed by atoms with Crippen LogP contribution in [0.1, 0.15) is 40.7 Å². The number of nitro groups is 1. The van der Waals surface area contributed by atoms with E-state index in [0.717, 1.165) is 27.9 Å². The highest BCUT2D eigenvalue weighted by Gasteiger charge is 2.29. The third-order valence-corrected chi connectivity index (χ3v) is 7.13. The standard InChI is InChI=1S/C27H25N5O5/c1-17-13-23-25(37-17)15-24(30(23)16-18-5-4-6-20(14-18)32(35)36)26(33)29-11-9-19(10-12-29)31-22-8-3-2-7-21(22)28-27(31)34/h2-8,13-15,19H,9-12,16H2,1H3,(H,28,34). The zero-order valence-electron chi connectivity index (χ0n) is 20.2. The van der Waals surface area contributed by atoms with Crippen molar-refractivity contribution >= 4 is 33.7 Å². The number of piperidine rings is 1. The van der Waals surface area contributed by atoms with Crippen LogP contribution in [0.5, 0.6) is 0 Å². The normalized spacial score (nSPS) is 14.6. The Balaban J connectivity index is 1.27. The first kappa shape index (κ1) is 22.8. The fraction of sp³-hybridized carbons (Fsp3) is 0.259. The number of non-ortho nitro benzene ring substituents is 1. The van der Waals surface area contributed by atoms with Gasteiger partial charge in [-0.25, -0.2) is 4.79 Å². The van der Waals surface area contributed by atoms with Gasteiger partial charge in [-0.3, -0.25) is 19.5 Å². The fourth-order valence-electron chi connectivity index (χ4n) is 5.39. The van der Waals surface area contributed by atoms with Crippen LogP contribution in [0.15, 0.2) is 69.9 Å². The Bertz CT molecular complexity index is 1710. The lowest BCUT2D eigenvalue weighted by atomic mass is 10.0. The molecule has 0 unspecified atom stereocenters. The predicted octanol–water partition coefficient (Wildman–Crippen LogP) is 4.62. The maximum Gasteiger partial charge on any atom is 0.326 e. The second kappa shape index (κ2) is 8.81. The van der Waals surface area contributed by atoms with Gasteiger partial charge in [0.25, 0.3) is 11.6 Å². The number of carbonyl (C=O) groups excluding carboxylic acids is 1. The van der Waals surface area contributed by atoms with Crippen molar-refractivity contribution < 1.29 is 14.1 Å². The third-order valence-electron chi connectivity index (χ3n) is 7.13. The minimum atomic E-state index is -0.425. The summed E-state index contributed by atoms with van der Waals surface area (Å²) in [5.41, 5.74) is 4.13. The molecule has 5 aromatic rings. The maximum atomic E-state index is 13.7. The van der Waals surface area contributed by atoms with Crippen LogP contribution < -0.4 is 5.69 Å². The lowest BCUT2D eigenvalue weighted by molar-refractivity contribution is -0.384. The van der Waals surface area contributed by atoms with Crippen LogP contribution in [0, 0.1) is 17.0 Å². The lowest BCUT2D eigenvalue weighted by Crippen LogP contribution is -2.41. The topological polar surface area (TPSA) is 119 Å². The number of aryl methyl sites for hydroxylation is 1. The molecule has 3 aromatic heterocycles. The molecule has 0 saturated carbocycles. The van der Waals surface area contributed by atoms with Gasteiger partial charge in [-0.05, 0) is 37.5 Å². The van der Waals surface area contributed by atoms with Gasteiger partial charge in [0.15, 0.2) is 5.58 Å². The number of nitro benzene ring substituents is 1. The SMILES string of the molecule is Cc1cc2c(cc(C(=O)N3CCC(n4c(=O)[nH]c5ccccc54)CC3)n2Cc2cccc([N+](=O)[O-])c2)o1. The first-order chi connectivity index (χ1) is 17.9. The van der Waals surface area contributed by atoms with Gasteiger partial charge in [0.05, 0.1) is 21.5 Å². The number of amides is 1. The van der Waals surface area contributed by atoms with Gasteiger partial charge in [-0.2, -0.15) is 0 Å². The van der Waals surface area contributed by atoms with Crippen molar-refractivity contribution in [3.05, 3.63) is 98.3 Å². The molecule has 6 rings (SSSR count). The van der Waals surface area contributed by atoms with Crippen LogP contribution >= 0.6 is 0 Å². The van der Waals surface area contributed by atoms with E-state index in [4.69, 9.17) is 4.42 Å². The summed E-state index contributed by atoms with van der Waals surface area (Å²) in [6, 6.07) is 17.7. The van der Waals surface area contributed by atoms with E-state index in [1.54, 1.807) is 21.6 Å². The first-order valence-electron chi connectivity index (χ1n) is 12.2. The Kier molecular flexibility index (Phi) is 5.44. The van der Waals surface area contributed by atoms with Crippen LogP contribution in [0.2, 0.25) is 0 Å². The Morgan fingerprint density at radius 1 is 1.08 bits per heavy atom. The van der Waals surface area contributed by atoms with E-state index in [0.29, 0.717) is 43.8 Å². The molecule has 1 fully saturated rings. The number of hydrogen-bond acceptors (Lipinski definition) is 5. The molecule has 10 heteroatoms. The quantitative estimate of drug-likeness (QED) is 0.280. The van der Waals surface area contributed by atoms with Crippen molar-refractivity contribution in [2.45, 2.75) is 32.4 Å². The van der Waals surface area contributed by atoms with Crippen molar-refractivity contribution in [1.29, 1.82) is 0 Å². The van der Waals surface area contributed by atoms with Crippen LogP contribution in [0.3, 0.4) is 0 Å². The van der Waals surface area contributed by atoms with Crippen molar-refractivity contribution in [1.82, 2.24) is 19.0 Å². The third kappa shape index (κ3) is 4.00. The number of fused-ring (bicyclic) bond motifs is 2. The van der Waals surface area contributed by atoms with Crippen molar-refractivity contribution in [3.63, 3.8) is 0 Å². The number of likely N-dealkylation sites (tertiary alicyclic amines) is 1. The Morgan fingerprint density at radius 3 is 2.65 bits per heavy atom. The largest absolute Gasteiger partial charge is 0.460 e. The molecule has 0 bridgehead atoms. The molecule has 2 aromatic carbocycles. The first-order valence-corrected chi connectivity index (χ1v) is 12.2. The van der Waals surface area contributed by atoms with Gasteiger partial charge in [0.1, 0.15) is 11.5 Å². The average molecular weight is 500 g/mol. The van der Waals surface area contributed by atoms with Crippen LogP contribution in [-0.4, -0.2) is 42.9 Å². The number of para-hydroxylation sites is 2. The summed E-state index contributed by atoms with van der Waals surface area (Å²) >= 11 is 0. The number of nitrogens with zero attached hydrogens (tertiary/aromatic N) is 4. The summed E-state index contributed by atoms with van der Waals surface area (Å²) < 4.78 is 9.47. The van der Waals surface area contributed by atoms with E-state index in [9.17, 15) is 19.7 Å². The molecule has 4 heterocycles. The fourth-order valence-corrected chi connectivity index (χ4v) is 5.39. The van der Waals surface area contributed by atoms with E-state index in [-0.39, 0.29) is 23.3 Å². The van der Waals surface area contributed by atoms with Gasteiger partial charge in [-0.15, -0.1) is 0 Å². The molecule has 0 aliphatic carbocycles. The minimum absolute atomic E-state index is 0.00303. The Labute approximate surface area is 210 Å². The molecule has 0 radical (unpaired) electrons. The molecule has 188 valence electrons. The molecular weight excluding hydrogens is 474 g/mol. The lowest BCUT2D eigenvalue weighted by Gasteiger charge is -2.32. The summed E-state index contributed by atoms with van der Waals surface area (Å²) in [5, 5.41) is 11.3. The van der Waals surface area contributed by atoms with Crippen LogP contribution in [-0.2, 0) is 6.54 Å². The predicted molar refractivity (Wildman–Crippen MR) is 138 cm³/mol. The molecule has 0 atom stereocenters. The Morgan fingerprint density at radius 2 is 1.86 bits per heavy atom. The number of H-pyrrole nitrogens is 1. The van der Waals surface area contributed by atoms with Crippen LogP contribution in [0.25, 0.3) is 22.1 Å². The number of imidazole rings is 1. The van der Waals surface area contributed by atoms with E-state index in [1.807, 2.05) is 47.9 Å². The second-order valence-corrected chi connectivity index (χ2v) is 9.49. The molecule has 1 N–H and O–H groups in total. The number of aromatic nitrogens is 3. The summed E-state index contributed by atoms with van der Waals surface area (Å²) in [6.07, 6.45) is 1.32. The zero-order chi connectivity index (χ0) is 25.7. The molecular formula is C27H25N5O5. The van der Waals surface area contributed by atoms with Gasteiger partial charge >= 0.3 is 5.69 Å². The number of benzene rings is 2. The van der Waals surface area contributed by atoms with Gasteiger partial charge in [0.2, 0.25) is 0 Å². The number of furan rings is 1. The van der Waals surface area contributed by atoms with E-state index in [2.05, 4.69) is 4.98 Å². The number of hydrogen-bond donors (Lipinski definition) is 1. The van der Waals surface area contributed by atoms with Gasteiger partial charge < -0.3 is 18.9 Å². The highest BCUT2D eigenvalue weighted by molar-refractivity contribution is 5.97.